The monoisotopic (exact) mass is 242 g/mol. The van der Waals surface area contributed by atoms with Gasteiger partial charge in [0.2, 0.25) is 0 Å². The van der Waals surface area contributed by atoms with Crippen molar-refractivity contribution in [1.29, 1.82) is 0 Å². The van der Waals surface area contributed by atoms with Crippen LogP contribution in [0.1, 0.15) is 5.56 Å². The molecule has 0 fully saturated rings. The first-order valence-corrected chi connectivity index (χ1v) is 6.47. The van der Waals surface area contributed by atoms with Crippen LogP contribution in [0.5, 0.6) is 0 Å². The Bertz CT molecular complexity index is 656. The second-order valence-electron chi connectivity index (χ2n) is 4.08. The highest BCUT2D eigenvalue weighted by Gasteiger charge is 2.28. The molecule has 0 unspecified atom stereocenters. The van der Waals surface area contributed by atoms with Gasteiger partial charge in [0.15, 0.2) is 5.17 Å². The van der Waals surface area contributed by atoms with Crippen molar-refractivity contribution >= 4 is 33.6 Å². The standard InChI is InChI=1S/C13H10N2OS/c1-2-4-12-9(3-1)10(7-16-12)11-8-17-13-14-5-6-15(11)13/h1-4,7-8H,5-6H2. The van der Waals surface area contributed by atoms with E-state index in [4.69, 9.17) is 4.42 Å². The average molecular weight is 242 g/mol. The van der Waals surface area contributed by atoms with Gasteiger partial charge in [-0.3, -0.25) is 4.99 Å². The van der Waals surface area contributed by atoms with Gasteiger partial charge in [0.05, 0.1) is 12.2 Å². The van der Waals surface area contributed by atoms with Gasteiger partial charge in [-0.1, -0.05) is 30.0 Å². The van der Waals surface area contributed by atoms with E-state index in [-0.39, 0.29) is 0 Å². The maximum atomic E-state index is 5.59. The first-order chi connectivity index (χ1) is 8.43. The van der Waals surface area contributed by atoms with Crippen LogP contribution in [-0.4, -0.2) is 23.2 Å². The van der Waals surface area contributed by atoms with Crippen LogP contribution in [-0.2, 0) is 0 Å². The van der Waals surface area contributed by atoms with Crippen molar-refractivity contribution in [3.05, 3.63) is 41.5 Å². The molecule has 4 rings (SSSR count). The quantitative estimate of drug-likeness (QED) is 0.769. The summed E-state index contributed by atoms with van der Waals surface area (Å²) in [7, 11) is 0. The lowest BCUT2D eigenvalue weighted by atomic mass is 10.1. The lowest BCUT2D eigenvalue weighted by molar-refractivity contribution is 0.608. The molecule has 0 radical (unpaired) electrons. The molecule has 1 aromatic heterocycles. The Morgan fingerprint density at radius 3 is 3.24 bits per heavy atom. The summed E-state index contributed by atoms with van der Waals surface area (Å²) in [5.74, 6) is 0. The summed E-state index contributed by atoms with van der Waals surface area (Å²) in [6.07, 6.45) is 1.85. The number of nitrogens with zero attached hydrogens (tertiary/aromatic N) is 2. The smallest absolute Gasteiger partial charge is 0.168 e. The zero-order chi connectivity index (χ0) is 11.2. The van der Waals surface area contributed by atoms with Crippen molar-refractivity contribution < 1.29 is 4.42 Å². The maximum Gasteiger partial charge on any atom is 0.168 e. The third-order valence-corrected chi connectivity index (χ3v) is 4.03. The van der Waals surface area contributed by atoms with Crippen molar-refractivity contribution in [3.8, 4) is 0 Å². The van der Waals surface area contributed by atoms with Gasteiger partial charge in [-0.25, -0.2) is 0 Å². The second kappa shape index (κ2) is 3.40. The number of aliphatic imine (C=N–C) groups is 1. The fourth-order valence-corrected chi connectivity index (χ4v) is 3.26. The van der Waals surface area contributed by atoms with E-state index in [0.29, 0.717) is 0 Å². The number of para-hydroxylation sites is 1. The average Bonchev–Trinajstić information content (AvgIpc) is 3.02. The molecule has 0 spiro atoms. The Morgan fingerprint density at radius 1 is 1.29 bits per heavy atom. The highest BCUT2D eigenvalue weighted by atomic mass is 32.2. The fraction of sp³-hybridized carbons (Fsp3) is 0.154. The van der Waals surface area contributed by atoms with Gasteiger partial charge in [-0.15, -0.1) is 0 Å². The molecule has 4 heteroatoms. The number of fused-ring (bicyclic) bond motifs is 2. The Kier molecular flexibility index (Phi) is 1.87. The SMILES string of the molecule is C1=C(c2coc3ccccc23)N2CCN=C2S1. The van der Waals surface area contributed by atoms with Crippen LogP contribution >= 0.6 is 11.8 Å². The largest absolute Gasteiger partial charge is 0.464 e. The summed E-state index contributed by atoms with van der Waals surface area (Å²) < 4.78 is 5.59. The van der Waals surface area contributed by atoms with Crippen LogP contribution in [0.2, 0.25) is 0 Å². The number of furan rings is 1. The van der Waals surface area contributed by atoms with Crippen LogP contribution in [0, 0.1) is 0 Å². The van der Waals surface area contributed by atoms with Crippen LogP contribution in [0.25, 0.3) is 16.7 Å². The summed E-state index contributed by atoms with van der Waals surface area (Å²) in [6, 6.07) is 8.14. The van der Waals surface area contributed by atoms with Crippen molar-refractivity contribution in [2.45, 2.75) is 0 Å². The number of rotatable bonds is 1. The minimum absolute atomic E-state index is 0.898. The number of hydrogen-bond donors (Lipinski definition) is 0. The molecule has 0 saturated heterocycles. The molecule has 0 saturated carbocycles. The first kappa shape index (κ1) is 9.36. The molecule has 2 aliphatic heterocycles. The molecule has 0 atom stereocenters. The van der Waals surface area contributed by atoms with Crippen molar-refractivity contribution in [2.24, 2.45) is 4.99 Å². The van der Waals surface area contributed by atoms with E-state index in [0.717, 1.165) is 23.8 Å². The summed E-state index contributed by atoms with van der Waals surface area (Å²) in [4.78, 5) is 6.73. The third kappa shape index (κ3) is 1.27. The van der Waals surface area contributed by atoms with Gasteiger partial charge >= 0.3 is 0 Å². The molecule has 2 aromatic rings. The molecule has 0 N–H and O–H groups in total. The molecule has 0 aliphatic carbocycles. The molecule has 2 aliphatic rings. The molecule has 3 nitrogen and oxygen atoms in total. The third-order valence-electron chi connectivity index (χ3n) is 3.13. The Balaban J connectivity index is 1.88. The summed E-state index contributed by atoms with van der Waals surface area (Å²) in [5, 5.41) is 4.45. The van der Waals surface area contributed by atoms with Gasteiger partial charge in [-0.05, 0) is 6.07 Å². The minimum atomic E-state index is 0.898. The Hall–Kier alpha value is -1.68. The first-order valence-electron chi connectivity index (χ1n) is 5.59. The van der Waals surface area contributed by atoms with E-state index < -0.39 is 0 Å². The number of benzene rings is 1. The van der Waals surface area contributed by atoms with Gasteiger partial charge in [-0.2, -0.15) is 0 Å². The normalized spacial score (nSPS) is 18.5. The predicted molar refractivity (Wildman–Crippen MR) is 70.8 cm³/mol. The fourth-order valence-electron chi connectivity index (χ4n) is 2.31. The summed E-state index contributed by atoms with van der Waals surface area (Å²) in [5.41, 5.74) is 3.33. The molecule has 0 bridgehead atoms. The Morgan fingerprint density at radius 2 is 2.24 bits per heavy atom. The van der Waals surface area contributed by atoms with Gasteiger partial charge in [0.1, 0.15) is 11.8 Å². The highest BCUT2D eigenvalue weighted by Crippen LogP contribution is 2.38. The molecular weight excluding hydrogens is 232 g/mol. The number of hydrogen-bond acceptors (Lipinski definition) is 4. The van der Waals surface area contributed by atoms with Gasteiger partial charge in [0.25, 0.3) is 0 Å². The van der Waals surface area contributed by atoms with Crippen molar-refractivity contribution in [2.75, 3.05) is 13.1 Å². The van der Waals surface area contributed by atoms with Crippen LogP contribution < -0.4 is 0 Å². The zero-order valence-electron chi connectivity index (χ0n) is 9.09. The van der Waals surface area contributed by atoms with E-state index in [2.05, 4.69) is 21.4 Å². The molecular formula is C13H10N2OS. The van der Waals surface area contributed by atoms with E-state index in [1.54, 1.807) is 11.8 Å². The minimum Gasteiger partial charge on any atom is -0.464 e. The topological polar surface area (TPSA) is 28.7 Å². The van der Waals surface area contributed by atoms with E-state index in [9.17, 15) is 0 Å². The summed E-state index contributed by atoms with van der Waals surface area (Å²) >= 11 is 1.70. The number of amidine groups is 1. The van der Waals surface area contributed by atoms with E-state index >= 15 is 0 Å². The lowest BCUT2D eigenvalue weighted by Gasteiger charge is -2.15. The van der Waals surface area contributed by atoms with Crippen molar-refractivity contribution in [1.82, 2.24) is 4.90 Å². The number of thioether (sulfide) groups is 1. The highest BCUT2D eigenvalue weighted by molar-refractivity contribution is 8.16. The van der Waals surface area contributed by atoms with Crippen molar-refractivity contribution in [3.63, 3.8) is 0 Å². The molecule has 0 amide bonds. The lowest BCUT2D eigenvalue weighted by Crippen LogP contribution is -2.19. The van der Waals surface area contributed by atoms with E-state index in [1.165, 1.54) is 16.6 Å². The van der Waals surface area contributed by atoms with Crippen LogP contribution in [0.15, 0.2) is 45.3 Å². The molecule has 84 valence electrons. The predicted octanol–water partition coefficient (Wildman–Crippen LogP) is 3.15. The van der Waals surface area contributed by atoms with E-state index in [1.807, 2.05) is 24.5 Å². The Labute approximate surface area is 103 Å². The molecule has 17 heavy (non-hydrogen) atoms. The zero-order valence-corrected chi connectivity index (χ0v) is 9.91. The van der Waals surface area contributed by atoms with Crippen LogP contribution in [0.3, 0.4) is 0 Å². The molecule has 1 aromatic carbocycles. The maximum absolute atomic E-state index is 5.59. The van der Waals surface area contributed by atoms with Gasteiger partial charge < -0.3 is 9.32 Å². The van der Waals surface area contributed by atoms with Gasteiger partial charge in [0, 0.05) is 22.9 Å². The molecule has 3 heterocycles. The second-order valence-corrected chi connectivity index (χ2v) is 4.92. The summed E-state index contributed by atoms with van der Waals surface area (Å²) in [6.45, 7) is 1.88. The van der Waals surface area contributed by atoms with Crippen LogP contribution in [0.4, 0.5) is 0 Å².